The Balaban J connectivity index is 1.60. The first-order chi connectivity index (χ1) is 11.0. The van der Waals surface area contributed by atoms with Gasteiger partial charge in [-0.1, -0.05) is 0 Å². The Morgan fingerprint density at radius 2 is 2.09 bits per heavy atom. The molecule has 1 aromatic heterocycles. The van der Waals surface area contributed by atoms with E-state index < -0.39 is 0 Å². The molecular weight excluding hydrogens is 288 g/mol. The topological polar surface area (TPSA) is 41.4 Å². The summed E-state index contributed by atoms with van der Waals surface area (Å²) >= 11 is 0. The molecule has 1 amide bonds. The van der Waals surface area contributed by atoms with Crippen molar-refractivity contribution in [3.8, 4) is 0 Å². The van der Waals surface area contributed by atoms with Crippen molar-refractivity contribution in [3.63, 3.8) is 0 Å². The molecule has 2 fully saturated rings. The van der Waals surface area contributed by atoms with Gasteiger partial charge in [-0.25, -0.2) is 0 Å². The Labute approximate surface area is 139 Å². The monoisotopic (exact) mass is 318 g/mol. The number of hydrogen-bond donors (Lipinski definition) is 0. The largest absolute Gasteiger partial charge is 0.340 e. The zero-order valence-electron chi connectivity index (χ0n) is 14.8. The predicted octanol–water partition coefficient (Wildman–Crippen LogP) is 2.30. The van der Waals surface area contributed by atoms with Gasteiger partial charge in [0.1, 0.15) is 0 Å². The second-order valence-electron chi connectivity index (χ2n) is 7.72. The Morgan fingerprint density at radius 3 is 2.78 bits per heavy atom. The van der Waals surface area contributed by atoms with Crippen LogP contribution < -0.4 is 0 Å². The van der Waals surface area contributed by atoms with Gasteiger partial charge < -0.3 is 9.80 Å². The van der Waals surface area contributed by atoms with Gasteiger partial charge in [-0.2, -0.15) is 5.10 Å². The van der Waals surface area contributed by atoms with Crippen molar-refractivity contribution < 1.29 is 4.79 Å². The molecule has 0 radical (unpaired) electrons. The number of aromatic nitrogens is 2. The highest BCUT2D eigenvalue weighted by molar-refractivity contribution is 5.77. The fraction of sp³-hybridized carbons (Fsp3) is 0.778. The molecule has 3 rings (SSSR count). The lowest BCUT2D eigenvalue weighted by Crippen LogP contribution is -2.55. The highest BCUT2D eigenvalue weighted by Crippen LogP contribution is 2.39. The number of piperidine rings is 2. The van der Waals surface area contributed by atoms with E-state index in [1.807, 2.05) is 11.6 Å². The zero-order chi connectivity index (χ0) is 16.4. The predicted molar refractivity (Wildman–Crippen MR) is 91.2 cm³/mol. The molecule has 0 N–H and O–H groups in total. The molecule has 2 saturated heterocycles. The minimum atomic E-state index is 0.316. The van der Waals surface area contributed by atoms with Gasteiger partial charge in [0.15, 0.2) is 0 Å². The van der Waals surface area contributed by atoms with E-state index in [0.717, 1.165) is 44.7 Å². The molecule has 0 saturated carbocycles. The first kappa shape index (κ1) is 16.5. The van der Waals surface area contributed by atoms with E-state index in [4.69, 9.17) is 0 Å². The van der Waals surface area contributed by atoms with Crippen LogP contribution in [0.2, 0.25) is 0 Å². The van der Waals surface area contributed by atoms with Gasteiger partial charge in [-0.3, -0.25) is 9.48 Å². The van der Waals surface area contributed by atoms with Gasteiger partial charge in [-0.05, 0) is 52.6 Å². The quantitative estimate of drug-likeness (QED) is 0.855. The first-order valence-corrected chi connectivity index (χ1v) is 8.99. The molecule has 1 atom stereocenters. The molecule has 0 aromatic carbocycles. The molecule has 0 bridgehead atoms. The van der Waals surface area contributed by atoms with Crippen molar-refractivity contribution in [1.29, 1.82) is 0 Å². The zero-order valence-corrected chi connectivity index (χ0v) is 14.8. The van der Waals surface area contributed by atoms with Crippen LogP contribution in [0.3, 0.4) is 0 Å². The van der Waals surface area contributed by atoms with Gasteiger partial charge in [0.25, 0.3) is 0 Å². The molecule has 23 heavy (non-hydrogen) atoms. The summed E-state index contributed by atoms with van der Waals surface area (Å²) in [6.45, 7) is 11.6. The molecule has 5 heteroatoms. The van der Waals surface area contributed by atoms with Gasteiger partial charge in [-0.15, -0.1) is 0 Å². The van der Waals surface area contributed by atoms with Crippen LogP contribution in [0.15, 0.2) is 12.3 Å². The van der Waals surface area contributed by atoms with Crippen molar-refractivity contribution in [2.24, 2.45) is 5.41 Å². The average Bonchev–Trinajstić information content (AvgIpc) is 2.94. The van der Waals surface area contributed by atoms with Crippen molar-refractivity contribution >= 4 is 5.91 Å². The number of likely N-dealkylation sites (tertiary alicyclic amines) is 2. The van der Waals surface area contributed by atoms with E-state index in [2.05, 4.69) is 41.0 Å². The average molecular weight is 318 g/mol. The molecule has 0 aliphatic carbocycles. The van der Waals surface area contributed by atoms with E-state index in [-0.39, 0.29) is 0 Å². The van der Waals surface area contributed by atoms with E-state index in [1.165, 1.54) is 19.4 Å². The highest BCUT2D eigenvalue weighted by Gasteiger charge is 2.42. The minimum Gasteiger partial charge on any atom is -0.340 e. The summed E-state index contributed by atoms with van der Waals surface area (Å²) in [6, 6.07) is 2.38. The number of carbonyl (C=O) groups excluding carboxylic acids is 1. The summed E-state index contributed by atoms with van der Waals surface area (Å²) < 4.78 is 2.04. The van der Waals surface area contributed by atoms with Crippen LogP contribution in [0.25, 0.3) is 0 Å². The molecule has 1 aromatic rings. The molecule has 1 spiro atoms. The van der Waals surface area contributed by atoms with Gasteiger partial charge in [0.2, 0.25) is 5.91 Å². The van der Waals surface area contributed by atoms with Crippen LogP contribution in [0.4, 0.5) is 0 Å². The molecule has 2 aliphatic heterocycles. The van der Waals surface area contributed by atoms with Crippen molar-refractivity contribution in [2.45, 2.75) is 59.0 Å². The number of carbonyl (C=O) groups is 1. The van der Waals surface area contributed by atoms with Gasteiger partial charge >= 0.3 is 0 Å². The van der Waals surface area contributed by atoms with Crippen LogP contribution in [-0.4, -0.2) is 57.7 Å². The summed E-state index contributed by atoms with van der Waals surface area (Å²) in [7, 11) is 0. The normalized spacial score (nSPS) is 26.4. The molecule has 1 unspecified atom stereocenters. The van der Waals surface area contributed by atoms with Crippen molar-refractivity contribution in [3.05, 3.63) is 18.0 Å². The van der Waals surface area contributed by atoms with Crippen LogP contribution >= 0.6 is 0 Å². The molecule has 2 aliphatic rings. The number of rotatable bonds is 4. The Bertz CT molecular complexity index is 553. The molecule has 128 valence electrons. The third kappa shape index (κ3) is 3.77. The summed E-state index contributed by atoms with van der Waals surface area (Å²) in [5.74, 6) is 0.342. The van der Waals surface area contributed by atoms with E-state index in [0.29, 0.717) is 17.4 Å². The lowest BCUT2D eigenvalue weighted by atomic mass is 9.73. The van der Waals surface area contributed by atoms with Gasteiger partial charge in [0.05, 0.1) is 12.2 Å². The van der Waals surface area contributed by atoms with Crippen molar-refractivity contribution in [1.82, 2.24) is 19.6 Å². The maximum Gasteiger partial charge on any atom is 0.222 e. The van der Waals surface area contributed by atoms with E-state index >= 15 is 0 Å². The third-order valence-corrected chi connectivity index (χ3v) is 5.48. The number of nitrogens with zero attached hydrogens (tertiary/aromatic N) is 4. The Morgan fingerprint density at radius 1 is 1.26 bits per heavy atom. The van der Waals surface area contributed by atoms with E-state index in [9.17, 15) is 4.79 Å². The molecule has 5 nitrogen and oxygen atoms in total. The lowest BCUT2D eigenvalue weighted by Gasteiger charge is -2.49. The highest BCUT2D eigenvalue weighted by atomic mass is 16.2. The van der Waals surface area contributed by atoms with Crippen LogP contribution in [0.5, 0.6) is 0 Å². The molecule has 3 heterocycles. The minimum absolute atomic E-state index is 0.316. The number of aryl methyl sites for hydroxylation is 1. The fourth-order valence-corrected chi connectivity index (χ4v) is 4.18. The van der Waals surface area contributed by atoms with Crippen LogP contribution in [0, 0.1) is 12.3 Å². The maximum atomic E-state index is 12.2. The van der Waals surface area contributed by atoms with Crippen LogP contribution in [-0.2, 0) is 11.3 Å². The van der Waals surface area contributed by atoms with Crippen LogP contribution in [0.1, 0.15) is 45.2 Å². The standard InChI is InChI=1S/C18H30N4O/c1-15(2)22-14-18(8-5-17(22)23)7-4-9-20(13-18)11-12-21-10-6-16(3)19-21/h6,10,15H,4-5,7-9,11-14H2,1-3H3. The second kappa shape index (κ2) is 6.63. The Hall–Kier alpha value is -1.36. The smallest absolute Gasteiger partial charge is 0.222 e. The summed E-state index contributed by atoms with van der Waals surface area (Å²) in [5, 5.41) is 4.48. The summed E-state index contributed by atoms with van der Waals surface area (Å²) in [5.41, 5.74) is 1.40. The summed E-state index contributed by atoms with van der Waals surface area (Å²) in [4.78, 5) is 16.8. The van der Waals surface area contributed by atoms with Gasteiger partial charge in [0, 0.05) is 43.7 Å². The number of amides is 1. The third-order valence-electron chi connectivity index (χ3n) is 5.48. The molecular formula is C18H30N4O. The summed E-state index contributed by atoms with van der Waals surface area (Å²) in [6.07, 6.45) is 6.37. The first-order valence-electron chi connectivity index (χ1n) is 8.99. The van der Waals surface area contributed by atoms with E-state index in [1.54, 1.807) is 0 Å². The maximum absolute atomic E-state index is 12.2. The second-order valence-corrected chi connectivity index (χ2v) is 7.72. The lowest BCUT2D eigenvalue weighted by molar-refractivity contribution is -0.141. The SMILES string of the molecule is Cc1ccn(CCN2CCCC3(CCC(=O)N(C(C)C)C3)C2)n1. The van der Waals surface area contributed by atoms with Crippen molar-refractivity contribution in [2.75, 3.05) is 26.2 Å². The Kier molecular flexibility index (Phi) is 4.76. The number of hydrogen-bond acceptors (Lipinski definition) is 3. The fourth-order valence-electron chi connectivity index (χ4n) is 4.18.